The second-order valence-electron chi connectivity index (χ2n) is 8.34. The van der Waals surface area contributed by atoms with Gasteiger partial charge in [0.25, 0.3) is 5.56 Å². The molecule has 0 unspecified atom stereocenters. The highest BCUT2D eigenvalue weighted by molar-refractivity contribution is 7.22. The molecule has 1 fully saturated rings. The summed E-state index contributed by atoms with van der Waals surface area (Å²) in [5, 5.41) is 0. The first-order valence-electron chi connectivity index (χ1n) is 11.2. The molecular formula is C26H27N3O3S. The number of rotatable bonds is 7. The Bertz CT molecular complexity index is 1320. The van der Waals surface area contributed by atoms with Crippen LogP contribution in [0.25, 0.3) is 26.3 Å². The Morgan fingerprint density at radius 3 is 2.58 bits per heavy atom. The molecule has 0 bridgehead atoms. The predicted molar refractivity (Wildman–Crippen MR) is 133 cm³/mol. The number of hydrogen-bond donors (Lipinski definition) is 0. The third-order valence-corrected chi connectivity index (χ3v) is 7.22. The first-order chi connectivity index (χ1) is 16.1. The lowest BCUT2D eigenvalue weighted by atomic mass is 10.1. The summed E-state index contributed by atoms with van der Waals surface area (Å²) in [4.78, 5) is 21.3. The summed E-state index contributed by atoms with van der Waals surface area (Å²) in [5.74, 6) is 1.28. The molecule has 1 aliphatic heterocycles. The molecule has 0 amide bonds. The minimum atomic E-state index is -0.0897. The van der Waals surface area contributed by atoms with Crippen LogP contribution in [0.1, 0.15) is 18.4 Å². The van der Waals surface area contributed by atoms with Gasteiger partial charge in [-0.05, 0) is 56.6 Å². The third-order valence-electron chi connectivity index (χ3n) is 6.06. The molecule has 1 aliphatic rings. The van der Waals surface area contributed by atoms with Crippen molar-refractivity contribution < 1.29 is 9.47 Å². The fourth-order valence-corrected chi connectivity index (χ4v) is 5.22. The Balaban J connectivity index is 1.41. The summed E-state index contributed by atoms with van der Waals surface area (Å²) in [6, 6.07) is 15.8. The van der Waals surface area contributed by atoms with Crippen molar-refractivity contribution in [2.45, 2.75) is 19.8 Å². The minimum absolute atomic E-state index is 0.0897. The van der Waals surface area contributed by atoms with Gasteiger partial charge in [-0.1, -0.05) is 29.8 Å². The number of fused-ring (bicyclic) bond motifs is 1. The normalized spacial score (nSPS) is 14.1. The van der Waals surface area contributed by atoms with E-state index in [0.717, 1.165) is 30.1 Å². The number of hydrogen-bond acceptors (Lipinski definition) is 6. The van der Waals surface area contributed by atoms with E-state index >= 15 is 0 Å². The number of benzene rings is 2. The highest BCUT2D eigenvalue weighted by Crippen LogP contribution is 2.32. The lowest BCUT2D eigenvalue weighted by Crippen LogP contribution is -2.25. The lowest BCUT2D eigenvalue weighted by Gasteiger charge is -2.17. The van der Waals surface area contributed by atoms with Gasteiger partial charge in [-0.2, -0.15) is 0 Å². The zero-order valence-corrected chi connectivity index (χ0v) is 19.7. The van der Waals surface area contributed by atoms with Gasteiger partial charge in [0.05, 0.1) is 18.3 Å². The molecule has 0 aliphatic carbocycles. The van der Waals surface area contributed by atoms with Gasteiger partial charge in [0, 0.05) is 17.5 Å². The Kier molecular flexibility index (Phi) is 6.15. The van der Waals surface area contributed by atoms with Crippen LogP contribution in [0.5, 0.6) is 11.5 Å². The zero-order valence-electron chi connectivity index (χ0n) is 18.9. The van der Waals surface area contributed by atoms with Crippen LogP contribution in [0.2, 0.25) is 0 Å². The molecule has 0 atom stereocenters. The van der Waals surface area contributed by atoms with Gasteiger partial charge in [0.15, 0.2) is 11.5 Å². The van der Waals surface area contributed by atoms with Gasteiger partial charge in [-0.25, -0.2) is 4.98 Å². The van der Waals surface area contributed by atoms with Crippen molar-refractivity contribution in [2.24, 2.45) is 0 Å². The average Bonchev–Trinajstić information content (AvgIpc) is 3.51. The Hall–Kier alpha value is -3.16. The number of nitrogens with zero attached hydrogens (tertiary/aromatic N) is 3. The summed E-state index contributed by atoms with van der Waals surface area (Å²) >= 11 is 1.47. The van der Waals surface area contributed by atoms with E-state index in [-0.39, 0.29) is 5.56 Å². The van der Waals surface area contributed by atoms with Crippen LogP contribution in [0.4, 0.5) is 0 Å². The Labute approximate surface area is 197 Å². The molecular weight excluding hydrogens is 434 g/mol. The maximum Gasteiger partial charge on any atom is 0.275 e. The van der Waals surface area contributed by atoms with Crippen LogP contribution in [0.15, 0.2) is 59.7 Å². The maximum absolute atomic E-state index is 13.3. The number of methoxy groups -OCH3 is 1. The zero-order chi connectivity index (χ0) is 22.8. The fourth-order valence-electron chi connectivity index (χ4n) is 4.17. The van der Waals surface area contributed by atoms with Gasteiger partial charge in [0.1, 0.15) is 17.6 Å². The second-order valence-corrected chi connectivity index (χ2v) is 9.40. The first kappa shape index (κ1) is 21.7. The van der Waals surface area contributed by atoms with Crippen LogP contribution in [0.3, 0.4) is 0 Å². The van der Waals surface area contributed by atoms with Crippen LogP contribution in [0, 0.1) is 6.92 Å². The molecule has 0 saturated carbocycles. The largest absolute Gasteiger partial charge is 0.493 e. The summed E-state index contributed by atoms with van der Waals surface area (Å²) in [6.45, 7) is 5.87. The van der Waals surface area contributed by atoms with Crippen molar-refractivity contribution in [3.63, 3.8) is 0 Å². The summed E-state index contributed by atoms with van der Waals surface area (Å²) in [7, 11) is 1.61. The molecule has 5 rings (SSSR count). The number of aryl methyl sites for hydroxylation is 1. The second kappa shape index (κ2) is 9.37. The Morgan fingerprint density at radius 2 is 1.82 bits per heavy atom. The molecule has 0 spiro atoms. The van der Waals surface area contributed by atoms with Crippen molar-refractivity contribution in [3.8, 4) is 27.6 Å². The van der Waals surface area contributed by atoms with Crippen LogP contribution < -0.4 is 15.0 Å². The van der Waals surface area contributed by atoms with Crippen LogP contribution >= 0.6 is 11.3 Å². The number of thiophene rings is 1. The summed E-state index contributed by atoms with van der Waals surface area (Å²) in [6.07, 6.45) is 4.11. The molecule has 4 aromatic rings. The summed E-state index contributed by atoms with van der Waals surface area (Å²) in [5.41, 5.74) is 3.62. The number of aromatic nitrogens is 2. The quantitative estimate of drug-likeness (QED) is 0.392. The highest BCUT2D eigenvalue weighted by Gasteiger charge is 2.15. The van der Waals surface area contributed by atoms with E-state index in [1.165, 1.54) is 29.7 Å². The molecule has 6 nitrogen and oxygen atoms in total. The number of ether oxygens (including phenoxy) is 2. The van der Waals surface area contributed by atoms with Crippen molar-refractivity contribution in [3.05, 3.63) is 70.8 Å². The van der Waals surface area contributed by atoms with Gasteiger partial charge >= 0.3 is 0 Å². The van der Waals surface area contributed by atoms with Crippen LogP contribution in [-0.4, -0.2) is 47.8 Å². The molecule has 170 valence electrons. The van der Waals surface area contributed by atoms with Crippen molar-refractivity contribution in [1.29, 1.82) is 0 Å². The molecule has 1 saturated heterocycles. The average molecular weight is 462 g/mol. The minimum Gasteiger partial charge on any atom is -0.493 e. The smallest absolute Gasteiger partial charge is 0.275 e. The first-order valence-corrected chi connectivity index (χ1v) is 12.1. The monoisotopic (exact) mass is 461 g/mol. The molecule has 7 heteroatoms. The van der Waals surface area contributed by atoms with Crippen molar-refractivity contribution >= 4 is 21.6 Å². The fraction of sp³-hybridized carbons (Fsp3) is 0.308. The standard InChI is InChI=1S/C26H27N3O3S/c1-18-5-7-19(8-6-18)24-16-21-25(33-24)26(30)29(17-27-21)20-9-10-22(23(15-20)31-2)32-14-13-28-11-3-4-12-28/h5-10,15-17H,3-4,11-14H2,1-2H3. The van der Waals surface area contributed by atoms with E-state index in [1.54, 1.807) is 18.0 Å². The van der Waals surface area contributed by atoms with E-state index in [9.17, 15) is 4.79 Å². The van der Waals surface area contributed by atoms with E-state index < -0.39 is 0 Å². The maximum atomic E-state index is 13.3. The molecule has 2 aromatic carbocycles. The van der Waals surface area contributed by atoms with E-state index in [0.29, 0.717) is 34.0 Å². The Morgan fingerprint density at radius 1 is 1.03 bits per heavy atom. The predicted octanol–water partition coefficient (Wildman–Crippen LogP) is 4.91. The highest BCUT2D eigenvalue weighted by atomic mass is 32.1. The SMILES string of the molecule is COc1cc(-n2cnc3cc(-c4ccc(C)cc4)sc3c2=O)ccc1OCCN1CCCC1. The third kappa shape index (κ3) is 4.51. The molecule has 2 aromatic heterocycles. The van der Waals surface area contributed by atoms with E-state index in [4.69, 9.17) is 9.47 Å². The van der Waals surface area contributed by atoms with Crippen molar-refractivity contribution in [2.75, 3.05) is 33.4 Å². The summed E-state index contributed by atoms with van der Waals surface area (Å²) < 4.78 is 13.7. The van der Waals surface area contributed by atoms with E-state index in [1.807, 2.05) is 24.3 Å². The van der Waals surface area contributed by atoms with E-state index in [2.05, 4.69) is 41.1 Å². The van der Waals surface area contributed by atoms with Crippen LogP contribution in [-0.2, 0) is 0 Å². The van der Waals surface area contributed by atoms with Crippen molar-refractivity contribution in [1.82, 2.24) is 14.5 Å². The van der Waals surface area contributed by atoms with Gasteiger partial charge in [-0.3, -0.25) is 14.3 Å². The lowest BCUT2D eigenvalue weighted by molar-refractivity contribution is 0.230. The number of likely N-dealkylation sites (tertiary alicyclic amines) is 1. The molecule has 33 heavy (non-hydrogen) atoms. The van der Waals surface area contributed by atoms with Gasteiger partial charge < -0.3 is 9.47 Å². The topological polar surface area (TPSA) is 56.6 Å². The van der Waals surface area contributed by atoms with Gasteiger partial charge in [0.2, 0.25) is 0 Å². The molecule has 0 radical (unpaired) electrons. The molecule has 0 N–H and O–H groups in total. The van der Waals surface area contributed by atoms with Gasteiger partial charge in [-0.15, -0.1) is 11.3 Å². The molecule has 3 heterocycles.